The van der Waals surface area contributed by atoms with Crippen LogP contribution in [-0.4, -0.2) is 31.6 Å². The van der Waals surface area contributed by atoms with E-state index >= 15 is 0 Å². The Morgan fingerprint density at radius 2 is 1.91 bits per heavy atom. The zero-order valence-corrected chi connectivity index (χ0v) is 13.3. The van der Waals surface area contributed by atoms with Crippen molar-refractivity contribution in [3.05, 3.63) is 35.9 Å². The quantitative estimate of drug-likeness (QED) is 0.592. The molecule has 0 fully saturated rings. The van der Waals surface area contributed by atoms with Gasteiger partial charge in [0, 0.05) is 17.7 Å². The second kappa shape index (κ2) is 9.60. The number of esters is 1. The maximum absolute atomic E-state index is 11.6. The van der Waals surface area contributed by atoms with Gasteiger partial charge in [0.05, 0.1) is 7.11 Å². The van der Waals surface area contributed by atoms with Crippen molar-refractivity contribution in [3.8, 4) is 5.75 Å². The molecule has 0 radical (unpaired) electrons. The lowest BCUT2D eigenvalue weighted by Gasteiger charge is -2.14. The standard InChI is InChI=1S/C17H23NO4/c1-4-14(5-2)18-16(19)12-22-17(20)11-10-13-8-6-7-9-15(13)21-3/h6-11,14H,4-5,12H2,1-3H3,(H,18,19)/b11-10+. The second-order valence-electron chi connectivity index (χ2n) is 4.76. The third-order valence-electron chi connectivity index (χ3n) is 3.23. The number of nitrogens with one attached hydrogen (secondary N) is 1. The molecule has 1 N–H and O–H groups in total. The molecule has 1 aromatic carbocycles. The molecule has 0 aliphatic carbocycles. The summed E-state index contributed by atoms with van der Waals surface area (Å²) in [5.74, 6) is -0.184. The lowest BCUT2D eigenvalue weighted by molar-refractivity contribution is -0.144. The van der Waals surface area contributed by atoms with Gasteiger partial charge in [0.1, 0.15) is 5.75 Å². The largest absolute Gasteiger partial charge is 0.496 e. The average molecular weight is 305 g/mol. The van der Waals surface area contributed by atoms with Crippen LogP contribution in [0.1, 0.15) is 32.3 Å². The van der Waals surface area contributed by atoms with E-state index < -0.39 is 5.97 Å². The number of carbonyl (C=O) groups is 2. The van der Waals surface area contributed by atoms with E-state index in [9.17, 15) is 9.59 Å². The van der Waals surface area contributed by atoms with Crippen molar-refractivity contribution in [1.82, 2.24) is 5.32 Å². The monoisotopic (exact) mass is 305 g/mol. The Balaban J connectivity index is 2.46. The maximum Gasteiger partial charge on any atom is 0.331 e. The number of methoxy groups -OCH3 is 1. The van der Waals surface area contributed by atoms with Crippen molar-refractivity contribution in [2.75, 3.05) is 13.7 Å². The molecule has 120 valence electrons. The summed E-state index contributed by atoms with van der Waals surface area (Å²) < 4.78 is 10.1. The minimum Gasteiger partial charge on any atom is -0.496 e. The van der Waals surface area contributed by atoms with E-state index in [-0.39, 0.29) is 18.6 Å². The van der Waals surface area contributed by atoms with E-state index in [1.165, 1.54) is 6.08 Å². The van der Waals surface area contributed by atoms with E-state index in [0.717, 1.165) is 18.4 Å². The highest BCUT2D eigenvalue weighted by Gasteiger charge is 2.09. The smallest absolute Gasteiger partial charge is 0.331 e. The van der Waals surface area contributed by atoms with Crippen LogP contribution in [0.4, 0.5) is 0 Å². The van der Waals surface area contributed by atoms with Crippen LogP contribution in [0.3, 0.4) is 0 Å². The highest BCUT2D eigenvalue weighted by Crippen LogP contribution is 2.18. The molecule has 1 amide bonds. The fourth-order valence-electron chi connectivity index (χ4n) is 1.91. The lowest BCUT2D eigenvalue weighted by Crippen LogP contribution is -2.36. The molecule has 0 aromatic heterocycles. The molecule has 5 nitrogen and oxygen atoms in total. The SMILES string of the molecule is CCC(CC)NC(=O)COC(=O)/C=C/c1ccccc1OC. The molecule has 1 rings (SSSR count). The van der Waals surface area contributed by atoms with Crippen LogP contribution in [0, 0.1) is 0 Å². The highest BCUT2D eigenvalue weighted by molar-refractivity contribution is 5.89. The molecule has 1 aromatic rings. The number of hydrogen-bond acceptors (Lipinski definition) is 4. The first kappa shape index (κ1) is 17.8. The average Bonchev–Trinajstić information content (AvgIpc) is 2.56. The number of benzene rings is 1. The molecule has 0 aliphatic rings. The number of amides is 1. The second-order valence-corrected chi connectivity index (χ2v) is 4.76. The third-order valence-corrected chi connectivity index (χ3v) is 3.23. The summed E-state index contributed by atoms with van der Waals surface area (Å²) in [6, 6.07) is 7.43. The van der Waals surface area contributed by atoms with Crippen molar-refractivity contribution in [3.63, 3.8) is 0 Å². The van der Waals surface area contributed by atoms with Crippen molar-refractivity contribution < 1.29 is 19.1 Å². The van der Waals surface area contributed by atoms with Crippen molar-refractivity contribution in [2.45, 2.75) is 32.7 Å². The predicted molar refractivity (Wildman–Crippen MR) is 85.5 cm³/mol. The number of rotatable bonds is 8. The number of para-hydroxylation sites is 1. The molecule has 0 bridgehead atoms. The molecule has 0 spiro atoms. The van der Waals surface area contributed by atoms with Crippen LogP contribution in [0.5, 0.6) is 5.75 Å². The summed E-state index contributed by atoms with van der Waals surface area (Å²) in [5, 5.41) is 2.80. The van der Waals surface area contributed by atoms with Gasteiger partial charge in [0.15, 0.2) is 6.61 Å². The predicted octanol–water partition coefficient (Wildman–Crippen LogP) is 2.56. The Hall–Kier alpha value is -2.30. The highest BCUT2D eigenvalue weighted by atomic mass is 16.5. The number of carbonyl (C=O) groups excluding carboxylic acids is 2. The van der Waals surface area contributed by atoms with Gasteiger partial charge in [-0.3, -0.25) is 4.79 Å². The van der Waals surface area contributed by atoms with Gasteiger partial charge in [-0.2, -0.15) is 0 Å². The first-order valence-electron chi connectivity index (χ1n) is 7.37. The lowest BCUT2D eigenvalue weighted by atomic mass is 10.2. The van der Waals surface area contributed by atoms with Gasteiger partial charge in [-0.25, -0.2) is 4.79 Å². The molecule has 0 atom stereocenters. The normalized spacial score (nSPS) is 10.7. The fraction of sp³-hybridized carbons (Fsp3) is 0.412. The molecular weight excluding hydrogens is 282 g/mol. The van der Waals surface area contributed by atoms with Gasteiger partial charge in [0.2, 0.25) is 0 Å². The van der Waals surface area contributed by atoms with Crippen molar-refractivity contribution in [1.29, 1.82) is 0 Å². The Bertz CT molecular complexity index is 521. The van der Waals surface area contributed by atoms with E-state index in [2.05, 4.69) is 5.32 Å². The molecule has 0 aliphatic heterocycles. The minimum absolute atomic E-state index is 0.121. The summed E-state index contributed by atoms with van der Waals surface area (Å²) in [6.07, 6.45) is 4.58. The van der Waals surface area contributed by atoms with E-state index in [1.807, 2.05) is 32.0 Å². The minimum atomic E-state index is -0.564. The number of ether oxygens (including phenoxy) is 2. The maximum atomic E-state index is 11.6. The molecule has 0 saturated carbocycles. The Morgan fingerprint density at radius 3 is 2.55 bits per heavy atom. The summed E-state index contributed by atoms with van der Waals surface area (Å²) in [7, 11) is 1.56. The Kier molecular flexibility index (Phi) is 7.75. The van der Waals surface area contributed by atoms with Crippen LogP contribution in [0.2, 0.25) is 0 Å². The van der Waals surface area contributed by atoms with Gasteiger partial charge in [0.25, 0.3) is 5.91 Å². The number of hydrogen-bond donors (Lipinski definition) is 1. The summed E-state index contributed by atoms with van der Waals surface area (Å²) in [6.45, 7) is 3.72. The topological polar surface area (TPSA) is 64.6 Å². The van der Waals surface area contributed by atoms with Crippen LogP contribution < -0.4 is 10.1 Å². The van der Waals surface area contributed by atoms with Crippen LogP contribution in [0.15, 0.2) is 30.3 Å². The first-order valence-corrected chi connectivity index (χ1v) is 7.37. The summed E-state index contributed by atoms with van der Waals surface area (Å²) in [4.78, 5) is 23.2. The molecule has 22 heavy (non-hydrogen) atoms. The fourth-order valence-corrected chi connectivity index (χ4v) is 1.91. The molecule has 0 saturated heterocycles. The zero-order chi connectivity index (χ0) is 16.4. The van der Waals surface area contributed by atoms with Crippen molar-refractivity contribution in [2.24, 2.45) is 0 Å². The van der Waals surface area contributed by atoms with Crippen LogP contribution >= 0.6 is 0 Å². The van der Waals surface area contributed by atoms with Gasteiger partial charge in [-0.05, 0) is 25.0 Å². The van der Waals surface area contributed by atoms with Crippen LogP contribution in [0.25, 0.3) is 6.08 Å². The summed E-state index contributed by atoms with van der Waals surface area (Å²) in [5.41, 5.74) is 0.767. The van der Waals surface area contributed by atoms with Gasteiger partial charge >= 0.3 is 5.97 Å². The first-order chi connectivity index (χ1) is 10.6. The van der Waals surface area contributed by atoms with Crippen LogP contribution in [-0.2, 0) is 14.3 Å². The Labute approximate surface area is 131 Å². The van der Waals surface area contributed by atoms with Gasteiger partial charge in [-0.1, -0.05) is 32.0 Å². The zero-order valence-electron chi connectivity index (χ0n) is 13.3. The van der Waals surface area contributed by atoms with E-state index in [0.29, 0.717) is 5.75 Å². The molecule has 5 heteroatoms. The molecular formula is C17H23NO4. The van der Waals surface area contributed by atoms with E-state index in [1.54, 1.807) is 19.3 Å². The molecule has 0 unspecified atom stereocenters. The summed E-state index contributed by atoms with van der Waals surface area (Å²) >= 11 is 0. The van der Waals surface area contributed by atoms with Crippen molar-refractivity contribution >= 4 is 18.0 Å². The van der Waals surface area contributed by atoms with Gasteiger partial charge < -0.3 is 14.8 Å². The van der Waals surface area contributed by atoms with Gasteiger partial charge in [-0.15, -0.1) is 0 Å². The third kappa shape index (κ3) is 5.99. The Morgan fingerprint density at radius 1 is 1.23 bits per heavy atom. The van der Waals surface area contributed by atoms with E-state index in [4.69, 9.17) is 9.47 Å². The molecule has 0 heterocycles.